The molecule has 0 aliphatic carbocycles. The number of anilines is 2. The van der Waals surface area contributed by atoms with E-state index in [9.17, 15) is 9.59 Å². The molecule has 0 fully saturated rings. The van der Waals surface area contributed by atoms with Gasteiger partial charge < -0.3 is 14.6 Å². The van der Waals surface area contributed by atoms with E-state index in [1.165, 1.54) is 0 Å². The van der Waals surface area contributed by atoms with Gasteiger partial charge in [-0.1, -0.05) is 12.1 Å². The van der Waals surface area contributed by atoms with E-state index in [2.05, 4.69) is 10.4 Å². The molecule has 1 N–H and O–H groups in total. The predicted octanol–water partition coefficient (Wildman–Crippen LogP) is 3.51. The van der Waals surface area contributed by atoms with Crippen LogP contribution in [0.3, 0.4) is 0 Å². The number of aryl methyl sites for hydroxylation is 2. The third-order valence-corrected chi connectivity index (χ3v) is 4.90. The number of ether oxygens (including phenoxy) is 1. The highest BCUT2D eigenvalue weighted by Crippen LogP contribution is 2.28. The molecule has 2 aromatic heterocycles. The molecular weight excluding hydrogens is 370 g/mol. The maximum Gasteiger partial charge on any atom is 0.340 e. The molecule has 3 heterocycles. The van der Waals surface area contributed by atoms with Gasteiger partial charge in [-0.3, -0.25) is 4.90 Å². The van der Waals surface area contributed by atoms with Crippen LogP contribution in [0, 0.1) is 0 Å². The summed E-state index contributed by atoms with van der Waals surface area (Å²) < 4.78 is 8.93. The van der Waals surface area contributed by atoms with Gasteiger partial charge in [0.05, 0.1) is 23.6 Å². The van der Waals surface area contributed by atoms with Crippen molar-refractivity contribution in [1.29, 1.82) is 0 Å². The Morgan fingerprint density at radius 2 is 2.00 bits per heavy atom. The zero-order chi connectivity index (χ0) is 20.4. The van der Waals surface area contributed by atoms with Gasteiger partial charge in [-0.2, -0.15) is 5.10 Å². The summed E-state index contributed by atoms with van der Waals surface area (Å²) in [5.74, 6) is 0.275. The van der Waals surface area contributed by atoms with Crippen LogP contribution in [0.25, 0.3) is 11.4 Å². The summed E-state index contributed by atoms with van der Waals surface area (Å²) in [5, 5.41) is 7.52. The van der Waals surface area contributed by atoms with Crippen molar-refractivity contribution in [3.8, 4) is 11.4 Å². The summed E-state index contributed by atoms with van der Waals surface area (Å²) >= 11 is 0. The van der Waals surface area contributed by atoms with E-state index in [-0.39, 0.29) is 12.6 Å². The van der Waals surface area contributed by atoms with E-state index in [1.807, 2.05) is 40.7 Å². The van der Waals surface area contributed by atoms with Crippen molar-refractivity contribution >= 4 is 23.5 Å². The van der Waals surface area contributed by atoms with Crippen LogP contribution >= 0.6 is 0 Å². The summed E-state index contributed by atoms with van der Waals surface area (Å²) in [6.07, 6.45) is 2.76. The van der Waals surface area contributed by atoms with E-state index in [1.54, 1.807) is 36.1 Å². The summed E-state index contributed by atoms with van der Waals surface area (Å²) in [7, 11) is 1.96. The number of carbonyl (C=O) groups is 2. The minimum absolute atomic E-state index is 0.272. The van der Waals surface area contributed by atoms with Gasteiger partial charge in [-0.25, -0.2) is 14.3 Å². The molecule has 3 aromatic rings. The Morgan fingerprint density at radius 1 is 1.17 bits per heavy atom. The van der Waals surface area contributed by atoms with Crippen LogP contribution in [-0.4, -0.2) is 39.5 Å². The molecule has 150 valence electrons. The smallest absolute Gasteiger partial charge is 0.340 e. The van der Waals surface area contributed by atoms with Crippen molar-refractivity contribution in [2.75, 3.05) is 23.4 Å². The highest BCUT2D eigenvalue weighted by atomic mass is 16.5. The Morgan fingerprint density at radius 3 is 2.76 bits per heavy atom. The highest BCUT2D eigenvalue weighted by molar-refractivity contribution is 6.06. The van der Waals surface area contributed by atoms with E-state index in [4.69, 9.17) is 4.74 Å². The van der Waals surface area contributed by atoms with Crippen molar-refractivity contribution in [3.05, 3.63) is 54.2 Å². The number of esters is 1. The number of fused-ring (bicyclic) bond motifs is 1. The maximum absolute atomic E-state index is 13.0. The molecule has 0 radical (unpaired) electrons. The first-order valence-corrected chi connectivity index (χ1v) is 9.62. The lowest BCUT2D eigenvalue weighted by molar-refractivity contribution is 0.0527. The van der Waals surface area contributed by atoms with Crippen molar-refractivity contribution in [1.82, 2.24) is 14.3 Å². The third-order valence-electron chi connectivity index (χ3n) is 4.90. The number of amides is 2. The largest absolute Gasteiger partial charge is 0.462 e. The number of rotatable bonds is 4. The summed E-state index contributed by atoms with van der Waals surface area (Å²) in [5.41, 5.74) is 2.56. The van der Waals surface area contributed by atoms with Crippen molar-refractivity contribution in [2.24, 2.45) is 7.05 Å². The molecule has 0 bridgehead atoms. The SMILES string of the molecule is CCOC(=O)c1ccccc1NC(=O)N1CCCn2nc(-c3cccn3C)cc21. The number of nitrogens with zero attached hydrogens (tertiary/aromatic N) is 4. The normalized spacial score (nSPS) is 13.1. The van der Waals surface area contributed by atoms with Gasteiger partial charge in [0.25, 0.3) is 0 Å². The number of aromatic nitrogens is 3. The van der Waals surface area contributed by atoms with Crippen molar-refractivity contribution in [3.63, 3.8) is 0 Å². The molecule has 0 saturated carbocycles. The van der Waals surface area contributed by atoms with E-state index >= 15 is 0 Å². The second-order valence-corrected chi connectivity index (χ2v) is 6.82. The average molecular weight is 393 g/mol. The van der Waals surface area contributed by atoms with Gasteiger partial charge in [-0.05, 0) is 37.6 Å². The van der Waals surface area contributed by atoms with Gasteiger partial charge in [-0.15, -0.1) is 0 Å². The quantitative estimate of drug-likeness (QED) is 0.688. The molecule has 0 atom stereocenters. The fourth-order valence-electron chi connectivity index (χ4n) is 3.50. The topological polar surface area (TPSA) is 81.4 Å². The standard InChI is InChI=1S/C21H23N5O3/c1-3-29-20(27)15-8-4-5-9-16(15)22-21(28)25-12-7-13-26-19(25)14-17(23-26)18-10-6-11-24(18)2/h4-6,8-11,14H,3,7,12-13H2,1-2H3,(H,22,28). The lowest BCUT2D eigenvalue weighted by atomic mass is 10.2. The Hall–Kier alpha value is -3.55. The molecule has 1 aliphatic rings. The minimum atomic E-state index is -0.460. The number of urea groups is 1. The van der Waals surface area contributed by atoms with Crippen LogP contribution in [-0.2, 0) is 18.3 Å². The van der Waals surface area contributed by atoms with Crippen molar-refractivity contribution < 1.29 is 14.3 Å². The Kier molecular flexibility index (Phi) is 5.07. The molecule has 4 rings (SSSR count). The number of hydrogen-bond donors (Lipinski definition) is 1. The van der Waals surface area contributed by atoms with Crippen LogP contribution in [0.4, 0.5) is 16.3 Å². The van der Waals surface area contributed by atoms with Crippen LogP contribution < -0.4 is 10.2 Å². The molecule has 1 aliphatic heterocycles. The van der Waals surface area contributed by atoms with Gasteiger partial charge >= 0.3 is 12.0 Å². The number of nitrogens with one attached hydrogen (secondary N) is 1. The molecule has 1 aromatic carbocycles. The molecule has 8 heteroatoms. The number of hydrogen-bond acceptors (Lipinski definition) is 4. The second kappa shape index (κ2) is 7.83. The summed E-state index contributed by atoms with van der Waals surface area (Å²) in [6, 6.07) is 12.4. The molecule has 29 heavy (non-hydrogen) atoms. The number of para-hydroxylation sites is 1. The van der Waals surface area contributed by atoms with Crippen LogP contribution in [0.1, 0.15) is 23.7 Å². The molecule has 8 nitrogen and oxygen atoms in total. The molecule has 2 amide bonds. The first-order chi connectivity index (χ1) is 14.1. The number of benzene rings is 1. The van der Waals surface area contributed by atoms with Gasteiger partial charge in [0.1, 0.15) is 11.5 Å². The minimum Gasteiger partial charge on any atom is -0.462 e. The van der Waals surface area contributed by atoms with E-state index < -0.39 is 5.97 Å². The number of carbonyl (C=O) groups excluding carboxylic acids is 2. The third kappa shape index (κ3) is 3.61. The van der Waals surface area contributed by atoms with Gasteiger partial charge in [0.15, 0.2) is 0 Å². The lowest BCUT2D eigenvalue weighted by Gasteiger charge is -2.27. The van der Waals surface area contributed by atoms with Crippen LogP contribution in [0.5, 0.6) is 0 Å². The maximum atomic E-state index is 13.0. The Bertz CT molecular complexity index is 1050. The summed E-state index contributed by atoms with van der Waals surface area (Å²) in [6.45, 7) is 3.35. The van der Waals surface area contributed by atoms with Crippen LogP contribution in [0.2, 0.25) is 0 Å². The second-order valence-electron chi connectivity index (χ2n) is 6.82. The molecule has 0 saturated heterocycles. The van der Waals surface area contributed by atoms with Crippen molar-refractivity contribution in [2.45, 2.75) is 19.9 Å². The van der Waals surface area contributed by atoms with E-state index in [0.29, 0.717) is 17.8 Å². The summed E-state index contributed by atoms with van der Waals surface area (Å²) in [4.78, 5) is 26.9. The van der Waals surface area contributed by atoms with Gasteiger partial charge in [0.2, 0.25) is 0 Å². The fraction of sp³-hybridized carbons (Fsp3) is 0.286. The van der Waals surface area contributed by atoms with Gasteiger partial charge in [0, 0.05) is 32.4 Å². The molecule has 0 unspecified atom stereocenters. The van der Waals surface area contributed by atoms with Crippen LogP contribution in [0.15, 0.2) is 48.7 Å². The lowest BCUT2D eigenvalue weighted by Crippen LogP contribution is -2.40. The Balaban J connectivity index is 1.60. The fourth-order valence-corrected chi connectivity index (χ4v) is 3.50. The monoisotopic (exact) mass is 393 g/mol. The zero-order valence-electron chi connectivity index (χ0n) is 16.5. The average Bonchev–Trinajstić information content (AvgIpc) is 3.33. The Labute approximate surface area is 168 Å². The van der Waals surface area contributed by atoms with E-state index in [0.717, 1.165) is 30.2 Å². The highest BCUT2D eigenvalue weighted by Gasteiger charge is 2.26. The zero-order valence-corrected chi connectivity index (χ0v) is 16.5. The first kappa shape index (κ1) is 18.8. The predicted molar refractivity (Wildman–Crippen MR) is 110 cm³/mol. The molecule has 0 spiro atoms. The molecular formula is C21H23N5O3. The first-order valence-electron chi connectivity index (χ1n) is 9.62.